The second kappa shape index (κ2) is 11.5. The highest BCUT2D eigenvalue weighted by Gasteiger charge is 2.48. The highest BCUT2D eigenvalue weighted by atomic mass is 28.3. The summed E-state index contributed by atoms with van der Waals surface area (Å²) >= 11 is 0. The molecule has 0 fully saturated rings. The minimum absolute atomic E-state index is 0.563. The van der Waals surface area contributed by atoms with Crippen LogP contribution in [0.4, 0.5) is 17.1 Å². The van der Waals surface area contributed by atoms with E-state index < -0.39 is 8.07 Å². The third-order valence-corrected chi connectivity index (χ3v) is 13.9. The Balaban J connectivity index is 1.37. The van der Waals surface area contributed by atoms with Crippen molar-refractivity contribution in [3.05, 3.63) is 182 Å². The molecule has 0 spiro atoms. The van der Waals surface area contributed by atoms with Crippen molar-refractivity contribution in [2.24, 2.45) is 0 Å². The third-order valence-electron chi connectivity index (χ3n) is 9.09. The molecule has 1 aromatic heterocycles. The van der Waals surface area contributed by atoms with Crippen molar-refractivity contribution in [3.8, 4) is 28.3 Å². The topological polar surface area (TPSA) is 39.9 Å². The van der Waals surface area contributed by atoms with Crippen molar-refractivity contribution in [2.45, 2.75) is 0 Å². The molecule has 0 bridgehead atoms. The first-order chi connectivity index (χ1) is 22.8. The van der Waals surface area contributed by atoms with Crippen molar-refractivity contribution < 1.29 is 0 Å². The third kappa shape index (κ3) is 4.29. The summed E-state index contributed by atoms with van der Waals surface area (Å²) in [6.45, 7) is 0. The summed E-state index contributed by atoms with van der Waals surface area (Å²) in [6, 6.07) is 61.4. The Labute approximate surface area is 270 Å². The van der Waals surface area contributed by atoms with E-state index in [0.29, 0.717) is 5.56 Å². The van der Waals surface area contributed by atoms with Crippen LogP contribution >= 0.6 is 0 Å². The quantitative estimate of drug-likeness (QED) is 0.192. The zero-order valence-electron chi connectivity index (χ0n) is 25.1. The van der Waals surface area contributed by atoms with E-state index in [4.69, 9.17) is 0 Å². The van der Waals surface area contributed by atoms with Crippen LogP contribution in [0.5, 0.6) is 0 Å². The van der Waals surface area contributed by atoms with Crippen LogP contribution in [-0.4, -0.2) is 13.1 Å². The van der Waals surface area contributed by atoms with Crippen LogP contribution in [0.2, 0.25) is 0 Å². The normalized spacial score (nSPS) is 12.9. The van der Waals surface area contributed by atoms with Crippen molar-refractivity contribution in [2.75, 3.05) is 4.90 Å². The van der Waals surface area contributed by atoms with Crippen molar-refractivity contribution in [3.63, 3.8) is 0 Å². The first-order valence-corrected chi connectivity index (χ1v) is 17.4. The van der Waals surface area contributed by atoms with Gasteiger partial charge in [-0.2, -0.15) is 5.26 Å². The minimum Gasteiger partial charge on any atom is -0.311 e. The molecule has 3 nitrogen and oxygen atoms in total. The molecule has 0 unspecified atom stereocenters. The average Bonchev–Trinajstić information content (AvgIpc) is 3.14. The Morgan fingerprint density at radius 3 is 1.72 bits per heavy atom. The van der Waals surface area contributed by atoms with E-state index in [-0.39, 0.29) is 0 Å². The fraction of sp³-hybridized carbons (Fsp3) is 0. The molecule has 46 heavy (non-hydrogen) atoms. The Morgan fingerprint density at radius 1 is 0.522 bits per heavy atom. The summed E-state index contributed by atoms with van der Waals surface area (Å²) in [5.74, 6) is 0. The van der Waals surface area contributed by atoms with Gasteiger partial charge in [0, 0.05) is 35.0 Å². The molecule has 0 atom stereocenters. The maximum absolute atomic E-state index is 9.86. The van der Waals surface area contributed by atoms with E-state index in [1.54, 1.807) is 12.4 Å². The summed E-state index contributed by atoms with van der Waals surface area (Å²) in [6.07, 6.45) is 3.39. The van der Waals surface area contributed by atoms with E-state index in [2.05, 4.69) is 168 Å². The average molecular weight is 604 g/mol. The highest BCUT2D eigenvalue weighted by Crippen LogP contribution is 2.41. The van der Waals surface area contributed by atoms with Crippen molar-refractivity contribution >= 4 is 45.9 Å². The van der Waals surface area contributed by atoms with Gasteiger partial charge in [-0.25, -0.2) is 0 Å². The second-order valence-electron chi connectivity index (χ2n) is 11.5. The van der Waals surface area contributed by atoms with E-state index in [1.165, 1.54) is 32.1 Å². The van der Waals surface area contributed by atoms with Crippen LogP contribution in [0.15, 0.2) is 176 Å². The van der Waals surface area contributed by atoms with E-state index in [0.717, 1.165) is 27.9 Å². The molecule has 8 rings (SSSR count). The zero-order chi connectivity index (χ0) is 30.9. The van der Waals surface area contributed by atoms with Gasteiger partial charge in [-0.05, 0) is 67.8 Å². The lowest BCUT2D eigenvalue weighted by Crippen LogP contribution is -2.77. The standard InChI is InChI=1S/C42H29N3Si/c43-29-32-30-44-27-26-37(32)38-21-8-7-20-36(38)31-14-13-15-33(28-31)45-39-22-9-11-24-41(39)46(34-16-3-1-4-17-34,35-18-5-2-6-19-35)42-25-12-10-23-40(42)45/h1-28,30H. The summed E-state index contributed by atoms with van der Waals surface area (Å²) in [5.41, 5.74) is 8.11. The smallest absolute Gasteiger partial charge is 0.184 e. The van der Waals surface area contributed by atoms with Gasteiger partial charge in [0.25, 0.3) is 0 Å². The van der Waals surface area contributed by atoms with Gasteiger partial charge in [-0.15, -0.1) is 0 Å². The van der Waals surface area contributed by atoms with Crippen molar-refractivity contribution in [1.29, 1.82) is 5.26 Å². The van der Waals surface area contributed by atoms with Crippen LogP contribution in [0.3, 0.4) is 0 Å². The summed E-state index contributed by atoms with van der Waals surface area (Å²) in [5, 5.41) is 15.3. The second-order valence-corrected chi connectivity index (χ2v) is 15.2. The molecular weight excluding hydrogens is 575 g/mol. The minimum atomic E-state index is -2.67. The maximum Gasteiger partial charge on any atom is 0.184 e. The number of anilines is 3. The van der Waals surface area contributed by atoms with Gasteiger partial charge in [0.1, 0.15) is 6.07 Å². The number of nitrogens with zero attached hydrogens (tertiary/aromatic N) is 3. The molecule has 0 aliphatic carbocycles. The van der Waals surface area contributed by atoms with Gasteiger partial charge in [0.15, 0.2) is 8.07 Å². The lowest BCUT2D eigenvalue weighted by molar-refractivity contribution is 1.29. The first-order valence-electron chi connectivity index (χ1n) is 15.4. The number of hydrogen-bond acceptors (Lipinski definition) is 3. The number of benzene rings is 6. The van der Waals surface area contributed by atoms with E-state index >= 15 is 0 Å². The van der Waals surface area contributed by atoms with Crippen molar-refractivity contribution in [1.82, 2.24) is 4.98 Å². The van der Waals surface area contributed by atoms with E-state index in [9.17, 15) is 5.26 Å². The van der Waals surface area contributed by atoms with Gasteiger partial charge in [-0.1, -0.05) is 133 Å². The molecule has 0 radical (unpaired) electrons. The van der Waals surface area contributed by atoms with Gasteiger partial charge in [0.05, 0.1) is 5.56 Å². The predicted molar refractivity (Wildman–Crippen MR) is 192 cm³/mol. The fourth-order valence-electron chi connectivity index (χ4n) is 7.19. The maximum atomic E-state index is 9.86. The Hall–Kier alpha value is -6.02. The lowest BCUT2D eigenvalue weighted by atomic mass is 9.92. The molecule has 0 N–H and O–H groups in total. The van der Waals surface area contributed by atoms with Crippen LogP contribution in [0.25, 0.3) is 22.3 Å². The molecule has 4 heteroatoms. The first kappa shape index (κ1) is 27.5. The Bertz CT molecular complexity index is 2150. The molecule has 1 aliphatic heterocycles. The summed E-state index contributed by atoms with van der Waals surface area (Å²) in [7, 11) is -2.67. The Morgan fingerprint density at radius 2 is 1.09 bits per heavy atom. The predicted octanol–water partition coefficient (Wildman–Crippen LogP) is 7.45. The number of nitriles is 1. The fourth-order valence-corrected chi connectivity index (χ4v) is 12.3. The highest BCUT2D eigenvalue weighted by molar-refractivity contribution is 7.21. The monoisotopic (exact) mass is 603 g/mol. The summed E-state index contributed by atoms with van der Waals surface area (Å²) in [4.78, 5) is 6.62. The van der Waals surface area contributed by atoms with Crippen LogP contribution < -0.4 is 25.6 Å². The number of rotatable bonds is 5. The molecule has 1 aliphatic rings. The molecule has 0 saturated heterocycles. The van der Waals surface area contributed by atoms with Gasteiger partial charge < -0.3 is 4.90 Å². The van der Waals surface area contributed by atoms with Gasteiger partial charge in [0.2, 0.25) is 0 Å². The number of aromatic nitrogens is 1. The number of fused-ring (bicyclic) bond motifs is 2. The number of pyridine rings is 1. The largest absolute Gasteiger partial charge is 0.311 e. The molecule has 7 aromatic rings. The molecule has 0 amide bonds. The molecular formula is C42H29N3Si. The SMILES string of the molecule is N#Cc1cnccc1-c1ccccc1-c1cccc(N2c3ccccc3[Si](c3ccccc3)(c3ccccc3)c3ccccc32)c1. The molecule has 216 valence electrons. The van der Waals surface area contributed by atoms with Gasteiger partial charge >= 0.3 is 0 Å². The Kier molecular flexibility index (Phi) is 6.87. The van der Waals surface area contributed by atoms with Gasteiger partial charge in [-0.3, -0.25) is 4.98 Å². The molecule has 0 saturated carbocycles. The molecule has 6 aromatic carbocycles. The number of para-hydroxylation sites is 2. The van der Waals surface area contributed by atoms with Crippen LogP contribution in [0.1, 0.15) is 5.56 Å². The van der Waals surface area contributed by atoms with Crippen LogP contribution in [-0.2, 0) is 0 Å². The number of hydrogen-bond donors (Lipinski definition) is 0. The zero-order valence-corrected chi connectivity index (χ0v) is 26.1. The molecule has 2 heterocycles. The van der Waals surface area contributed by atoms with E-state index in [1.807, 2.05) is 12.1 Å². The lowest BCUT2D eigenvalue weighted by Gasteiger charge is -2.45. The van der Waals surface area contributed by atoms with Crippen LogP contribution in [0, 0.1) is 11.3 Å². The summed E-state index contributed by atoms with van der Waals surface area (Å²) < 4.78 is 0.